The van der Waals surface area contributed by atoms with E-state index in [9.17, 15) is 0 Å². The number of halogens is 1. The first kappa shape index (κ1) is 19.5. The van der Waals surface area contributed by atoms with Crippen molar-refractivity contribution in [2.45, 2.75) is 19.9 Å². The number of pyridine rings is 1. The third-order valence-corrected chi connectivity index (χ3v) is 4.17. The molecule has 0 saturated heterocycles. The topological polar surface area (TPSA) is 43.8 Å². The summed E-state index contributed by atoms with van der Waals surface area (Å²) in [5.74, 6) is 1.91. The van der Waals surface area contributed by atoms with Crippen molar-refractivity contribution in [3.63, 3.8) is 0 Å². The molecule has 1 aromatic carbocycles. The van der Waals surface area contributed by atoms with Gasteiger partial charge in [-0.05, 0) is 31.0 Å². The highest BCUT2D eigenvalue weighted by molar-refractivity contribution is 14.0. The van der Waals surface area contributed by atoms with Gasteiger partial charge in [0.2, 0.25) is 0 Å². The summed E-state index contributed by atoms with van der Waals surface area (Å²) in [6.45, 7) is 4.54. The second-order valence-corrected chi connectivity index (χ2v) is 6.08. The van der Waals surface area contributed by atoms with Crippen LogP contribution in [0.2, 0.25) is 0 Å². The second-order valence-electron chi connectivity index (χ2n) is 6.08. The number of guanidine groups is 1. The molecule has 0 fully saturated rings. The molecule has 25 heavy (non-hydrogen) atoms. The summed E-state index contributed by atoms with van der Waals surface area (Å²) >= 11 is 0. The van der Waals surface area contributed by atoms with Gasteiger partial charge in [0.1, 0.15) is 5.82 Å². The number of para-hydroxylation sites is 1. The molecule has 0 amide bonds. The van der Waals surface area contributed by atoms with Crippen LogP contribution in [0.1, 0.15) is 18.1 Å². The molecule has 2 heterocycles. The molecule has 0 aliphatic carbocycles. The Balaban J connectivity index is 0.00000225. The van der Waals surface area contributed by atoms with Crippen LogP contribution in [0, 0.1) is 0 Å². The minimum absolute atomic E-state index is 0. The molecule has 0 bridgehead atoms. The minimum atomic E-state index is 0. The van der Waals surface area contributed by atoms with Crippen molar-refractivity contribution in [2.24, 2.45) is 4.99 Å². The molecular weight excluding hydrogens is 425 g/mol. The Bertz CT molecular complexity index is 729. The van der Waals surface area contributed by atoms with Crippen LogP contribution in [-0.2, 0) is 13.0 Å². The van der Waals surface area contributed by atoms with Crippen molar-refractivity contribution in [2.75, 3.05) is 37.0 Å². The number of nitrogens with one attached hydrogen (secondary N) is 1. The van der Waals surface area contributed by atoms with E-state index in [-0.39, 0.29) is 24.0 Å². The maximum atomic E-state index is 4.87. The molecule has 6 heteroatoms. The third kappa shape index (κ3) is 4.42. The maximum Gasteiger partial charge on any atom is 0.198 e. The van der Waals surface area contributed by atoms with Gasteiger partial charge in [0.15, 0.2) is 5.96 Å². The van der Waals surface area contributed by atoms with Gasteiger partial charge in [-0.25, -0.2) is 9.98 Å². The highest BCUT2D eigenvalue weighted by Crippen LogP contribution is 2.27. The van der Waals surface area contributed by atoms with Gasteiger partial charge in [0, 0.05) is 44.6 Å². The molecular formula is C19H26IN5. The SMILES string of the molecule is CCNC(=NCc1cccnc1N(C)C)N1CCc2ccccc21.I. The van der Waals surface area contributed by atoms with E-state index >= 15 is 0 Å². The first-order chi connectivity index (χ1) is 11.7. The van der Waals surface area contributed by atoms with E-state index in [1.807, 2.05) is 31.3 Å². The number of anilines is 2. The smallest absolute Gasteiger partial charge is 0.198 e. The van der Waals surface area contributed by atoms with Crippen LogP contribution < -0.4 is 15.1 Å². The predicted octanol–water partition coefficient (Wildman–Crippen LogP) is 3.29. The Morgan fingerprint density at radius 2 is 2.04 bits per heavy atom. The lowest BCUT2D eigenvalue weighted by Crippen LogP contribution is -2.40. The van der Waals surface area contributed by atoms with E-state index in [4.69, 9.17) is 4.99 Å². The number of nitrogens with zero attached hydrogens (tertiary/aromatic N) is 4. The number of benzene rings is 1. The van der Waals surface area contributed by atoms with E-state index in [0.29, 0.717) is 6.54 Å². The Morgan fingerprint density at radius 1 is 1.24 bits per heavy atom. The van der Waals surface area contributed by atoms with E-state index in [0.717, 1.165) is 36.9 Å². The summed E-state index contributed by atoms with van der Waals surface area (Å²) in [6, 6.07) is 12.6. The van der Waals surface area contributed by atoms with Gasteiger partial charge in [-0.1, -0.05) is 24.3 Å². The normalized spacial score (nSPS) is 13.2. The number of hydrogen-bond acceptors (Lipinski definition) is 3. The average molecular weight is 451 g/mol. The van der Waals surface area contributed by atoms with Crippen molar-refractivity contribution in [3.8, 4) is 0 Å². The third-order valence-electron chi connectivity index (χ3n) is 4.17. The summed E-state index contributed by atoms with van der Waals surface area (Å²) in [7, 11) is 4.02. The standard InChI is InChI=1S/C19H25N5.HI/c1-4-20-19(24-13-11-15-8-5-6-10-17(15)24)22-14-16-9-7-12-21-18(16)23(2)3;/h5-10,12H,4,11,13-14H2,1-3H3,(H,20,22);1H. The van der Waals surface area contributed by atoms with E-state index in [1.165, 1.54) is 11.3 Å². The van der Waals surface area contributed by atoms with Crippen LogP contribution >= 0.6 is 24.0 Å². The molecule has 0 atom stereocenters. The molecule has 1 aliphatic rings. The lowest BCUT2D eigenvalue weighted by atomic mass is 10.2. The van der Waals surface area contributed by atoms with Crippen molar-refractivity contribution < 1.29 is 0 Å². The van der Waals surface area contributed by atoms with Gasteiger partial charge in [0.25, 0.3) is 0 Å². The zero-order valence-electron chi connectivity index (χ0n) is 15.1. The molecule has 134 valence electrons. The van der Waals surface area contributed by atoms with Crippen LogP contribution in [0.4, 0.5) is 11.5 Å². The fraction of sp³-hybridized carbons (Fsp3) is 0.368. The molecule has 1 aliphatic heterocycles. The number of rotatable bonds is 4. The lowest BCUT2D eigenvalue weighted by molar-refractivity contribution is 0.878. The van der Waals surface area contributed by atoms with Crippen LogP contribution in [0.25, 0.3) is 0 Å². The van der Waals surface area contributed by atoms with Gasteiger partial charge < -0.3 is 15.1 Å². The molecule has 3 rings (SSSR count). The van der Waals surface area contributed by atoms with Gasteiger partial charge in [-0.15, -0.1) is 24.0 Å². The van der Waals surface area contributed by atoms with Crippen LogP contribution in [0.15, 0.2) is 47.6 Å². The molecule has 2 aromatic rings. The number of hydrogen-bond donors (Lipinski definition) is 1. The molecule has 0 unspecified atom stereocenters. The highest BCUT2D eigenvalue weighted by Gasteiger charge is 2.22. The van der Waals surface area contributed by atoms with E-state index < -0.39 is 0 Å². The van der Waals surface area contributed by atoms with Crippen molar-refractivity contribution in [1.82, 2.24) is 10.3 Å². The van der Waals surface area contributed by atoms with Crippen molar-refractivity contribution in [1.29, 1.82) is 0 Å². The average Bonchev–Trinajstić information content (AvgIpc) is 3.03. The Morgan fingerprint density at radius 3 is 2.80 bits per heavy atom. The summed E-state index contributed by atoms with van der Waals surface area (Å²) in [6.07, 6.45) is 2.89. The summed E-state index contributed by atoms with van der Waals surface area (Å²) in [5.41, 5.74) is 3.78. The quantitative estimate of drug-likeness (QED) is 0.440. The number of aliphatic imine (C=N–C) groups is 1. The molecule has 0 spiro atoms. The predicted molar refractivity (Wildman–Crippen MR) is 116 cm³/mol. The van der Waals surface area contributed by atoms with Gasteiger partial charge in [0.05, 0.1) is 6.54 Å². The Labute approximate surface area is 167 Å². The van der Waals surface area contributed by atoms with E-state index in [2.05, 4.69) is 52.5 Å². The maximum absolute atomic E-state index is 4.87. The van der Waals surface area contributed by atoms with Crippen molar-refractivity contribution >= 4 is 41.4 Å². The van der Waals surface area contributed by atoms with Crippen LogP contribution in [0.3, 0.4) is 0 Å². The first-order valence-electron chi connectivity index (χ1n) is 8.45. The second kappa shape index (κ2) is 9.03. The monoisotopic (exact) mass is 451 g/mol. The number of fused-ring (bicyclic) bond motifs is 1. The summed E-state index contributed by atoms with van der Waals surface area (Å²) in [5, 5.41) is 3.43. The molecule has 1 aromatic heterocycles. The fourth-order valence-electron chi connectivity index (χ4n) is 3.07. The van der Waals surface area contributed by atoms with Crippen molar-refractivity contribution in [3.05, 3.63) is 53.7 Å². The van der Waals surface area contributed by atoms with Gasteiger partial charge in [-0.3, -0.25) is 0 Å². The first-order valence-corrected chi connectivity index (χ1v) is 8.45. The zero-order valence-corrected chi connectivity index (χ0v) is 17.4. The summed E-state index contributed by atoms with van der Waals surface area (Å²) < 4.78 is 0. The number of aromatic nitrogens is 1. The minimum Gasteiger partial charge on any atom is -0.362 e. The van der Waals surface area contributed by atoms with E-state index in [1.54, 1.807) is 0 Å². The largest absolute Gasteiger partial charge is 0.362 e. The van der Waals surface area contributed by atoms with Crippen LogP contribution in [-0.4, -0.2) is 38.1 Å². The zero-order chi connectivity index (χ0) is 16.9. The Hall–Kier alpha value is -1.83. The molecule has 5 nitrogen and oxygen atoms in total. The van der Waals surface area contributed by atoms with Gasteiger partial charge >= 0.3 is 0 Å². The lowest BCUT2D eigenvalue weighted by Gasteiger charge is -2.22. The molecule has 0 radical (unpaired) electrons. The fourth-order valence-corrected chi connectivity index (χ4v) is 3.07. The summed E-state index contributed by atoms with van der Waals surface area (Å²) in [4.78, 5) is 13.6. The Kier molecular flexibility index (Phi) is 7.04. The van der Waals surface area contributed by atoms with Gasteiger partial charge in [-0.2, -0.15) is 0 Å². The molecule has 1 N–H and O–H groups in total. The molecule has 0 saturated carbocycles. The highest BCUT2D eigenvalue weighted by atomic mass is 127. The van der Waals surface area contributed by atoms with Crippen LogP contribution in [0.5, 0.6) is 0 Å².